The predicted molar refractivity (Wildman–Crippen MR) is 89.9 cm³/mol. The molecule has 5 nitrogen and oxygen atoms in total. The Morgan fingerprint density at radius 3 is 2.57 bits per heavy atom. The molecule has 2 amide bonds. The lowest BCUT2D eigenvalue weighted by Crippen LogP contribution is -2.46. The average Bonchev–Trinajstić information content (AvgIpc) is 2.53. The highest BCUT2D eigenvalue weighted by atomic mass is 16.2. The second-order valence-electron chi connectivity index (χ2n) is 7.01. The van der Waals surface area contributed by atoms with Gasteiger partial charge < -0.3 is 10.2 Å². The van der Waals surface area contributed by atoms with E-state index in [2.05, 4.69) is 31.1 Å². The first-order valence-corrected chi connectivity index (χ1v) is 8.04. The summed E-state index contributed by atoms with van der Waals surface area (Å²) in [5, 5.41) is 3.02. The van der Waals surface area contributed by atoms with E-state index >= 15 is 0 Å². The molecule has 2 heterocycles. The fourth-order valence-electron chi connectivity index (χ4n) is 2.44. The zero-order chi connectivity index (χ0) is 16.9. The monoisotopic (exact) mass is 315 g/mol. The minimum absolute atomic E-state index is 0.00563. The van der Waals surface area contributed by atoms with Crippen LogP contribution in [-0.4, -0.2) is 40.8 Å². The van der Waals surface area contributed by atoms with Gasteiger partial charge in [0.05, 0.1) is 5.56 Å². The van der Waals surface area contributed by atoms with Crippen LogP contribution in [0.1, 0.15) is 44.0 Å². The van der Waals surface area contributed by atoms with E-state index in [1.54, 1.807) is 30.6 Å². The van der Waals surface area contributed by atoms with Crippen LogP contribution in [0.15, 0.2) is 36.7 Å². The summed E-state index contributed by atoms with van der Waals surface area (Å²) in [7, 11) is 0. The van der Waals surface area contributed by atoms with Gasteiger partial charge in [-0.25, -0.2) is 0 Å². The molecule has 0 bridgehead atoms. The molecular weight excluding hydrogens is 290 g/mol. The van der Waals surface area contributed by atoms with Crippen LogP contribution in [0.25, 0.3) is 0 Å². The molecule has 2 rings (SSSR count). The number of carbonyl (C=O) groups excluding carboxylic acids is 2. The SMILES string of the molecule is CC(C)(C)/C=C/C(=O)N1CCC(NC(=O)c2cccnc2)CC1. The van der Waals surface area contributed by atoms with E-state index in [4.69, 9.17) is 0 Å². The number of hydrogen-bond donors (Lipinski definition) is 1. The van der Waals surface area contributed by atoms with E-state index in [9.17, 15) is 9.59 Å². The van der Waals surface area contributed by atoms with E-state index in [-0.39, 0.29) is 23.3 Å². The maximum Gasteiger partial charge on any atom is 0.253 e. The molecule has 0 aliphatic carbocycles. The Morgan fingerprint density at radius 2 is 2.00 bits per heavy atom. The summed E-state index contributed by atoms with van der Waals surface area (Å²) in [4.78, 5) is 30.0. The fourth-order valence-corrected chi connectivity index (χ4v) is 2.44. The lowest BCUT2D eigenvalue weighted by molar-refractivity contribution is -0.127. The van der Waals surface area contributed by atoms with E-state index < -0.39 is 0 Å². The summed E-state index contributed by atoms with van der Waals surface area (Å²) in [6.45, 7) is 7.54. The van der Waals surface area contributed by atoms with Gasteiger partial charge in [0.15, 0.2) is 0 Å². The van der Waals surface area contributed by atoms with E-state index in [0.717, 1.165) is 12.8 Å². The van der Waals surface area contributed by atoms with Gasteiger partial charge in [-0.15, -0.1) is 0 Å². The number of piperidine rings is 1. The maximum atomic E-state index is 12.1. The number of allylic oxidation sites excluding steroid dienone is 1. The van der Waals surface area contributed by atoms with Gasteiger partial charge in [0, 0.05) is 31.5 Å². The molecule has 0 aromatic carbocycles. The Labute approximate surface area is 137 Å². The number of aromatic nitrogens is 1. The van der Waals surface area contributed by atoms with Crippen molar-refractivity contribution in [1.29, 1.82) is 0 Å². The second kappa shape index (κ2) is 7.40. The number of hydrogen-bond acceptors (Lipinski definition) is 3. The Morgan fingerprint density at radius 1 is 1.30 bits per heavy atom. The molecule has 1 aliphatic heterocycles. The van der Waals surface area contributed by atoms with Crippen molar-refractivity contribution in [3.63, 3.8) is 0 Å². The molecule has 1 aromatic heterocycles. The molecule has 23 heavy (non-hydrogen) atoms. The number of nitrogens with one attached hydrogen (secondary N) is 1. The summed E-state index contributed by atoms with van der Waals surface area (Å²) in [6.07, 6.45) is 8.36. The fraction of sp³-hybridized carbons (Fsp3) is 0.500. The number of carbonyl (C=O) groups is 2. The first-order valence-electron chi connectivity index (χ1n) is 8.04. The molecule has 0 spiro atoms. The van der Waals surface area contributed by atoms with Gasteiger partial charge in [0.1, 0.15) is 0 Å². The summed E-state index contributed by atoms with van der Waals surface area (Å²) in [5.41, 5.74) is 0.574. The highest BCUT2D eigenvalue weighted by molar-refractivity contribution is 5.94. The standard InChI is InChI=1S/C18H25N3O2/c1-18(2,3)9-6-16(22)21-11-7-15(8-12-21)20-17(23)14-5-4-10-19-13-14/h4-6,9-10,13,15H,7-8,11-12H2,1-3H3,(H,20,23)/b9-6+. The number of nitrogens with zero attached hydrogens (tertiary/aromatic N) is 2. The van der Waals surface area contributed by atoms with Crippen molar-refractivity contribution >= 4 is 11.8 Å². The van der Waals surface area contributed by atoms with Crippen LogP contribution < -0.4 is 5.32 Å². The van der Waals surface area contributed by atoms with Gasteiger partial charge >= 0.3 is 0 Å². The van der Waals surface area contributed by atoms with Crippen LogP contribution in [0.3, 0.4) is 0 Å². The molecule has 1 aliphatic rings. The van der Waals surface area contributed by atoms with Gasteiger partial charge in [0.2, 0.25) is 5.91 Å². The van der Waals surface area contributed by atoms with Gasteiger partial charge in [-0.1, -0.05) is 26.8 Å². The lowest BCUT2D eigenvalue weighted by Gasteiger charge is -2.32. The number of pyridine rings is 1. The Bertz CT molecular complexity index is 568. The summed E-state index contributed by atoms with van der Waals surface area (Å²) < 4.78 is 0. The van der Waals surface area contributed by atoms with Gasteiger partial charge in [0.25, 0.3) is 5.91 Å². The van der Waals surface area contributed by atoms with Gasteiger partial charge in [-0.05, 0) is 36.5 Å². The zero-order valence-corrected chi connectivity index (χ0v) is 14.1. The van der Waals surface area contributed by atoms with E-state index in [1.807, 2.05) is 11.0 Å². The van der Waals surface area contributed by atoms with Gasteiger partial charge in [-0.2, -0.15) is 0 Å². The second-order valence-corrected chi connectivity index (χ2v) is 7.01. The highest BCUT2D eigenvalue weighted by Crippen LogP contribution is 2.16. The van der Waals surface area contributed by atoms with Crippen molar-refractivity contribution in [3.05, 3.63) is 42.2 Å². The normalized spacial score (nSPS) is 16.6. The summed E-state index contributed by atoms with van der Waals surface area (Å²) >= 11 is 0. The number of amides is 2. The maximum absolute atomic E-state index is 12.1. The smallest absolute Gasteiger partial charge is 0.253 e. The summed E-state index contributed by atoms with van der Waals surface area (Å²) in [6, 6.07) is 3.61. The molecule has 1 aromatic rings. The minimum atomic E-state index is -0.101. The topological polar surface area (TPSA) is 62.3 Å². The van der Waals surface area contributed by atoms with E-state index in [1.165, 1.54) is 0 Å². The molecular formula is C18H25N3O2. The molecule has 5 heteroatoms. The summed E-state index contributed by atoms with van der Waals surface area (Å²) in [5.74, 6) is -0.0486. The molecule has 1 fully saturated rings. The predicted octanol–water partition coefficient (Wildman–Crippen LogP) is 2.40. The van der Waals surface area contributed by atoms with Crippen molar-refractivity contribution in [2.45, 2.75) is 39.7 Å². The Hall–Kier alpha value is -2.17. The van der Waals surface area contributed by atoms with Crippen molar-refractivity contribution in [3.8, 4) is 0 Å². The lowest BCUT2D eigenvalue weighted by atomic mass is 9.96. The van der Waals surface area contributed by atoms with Crippen LogP contribution in [0.4, 0.5) is 0 Å². The van der Waals surface area contributed by atoms with Crippen molar-refractivity contribution < 1.29 is 9.59 Å². The molecule has 0 atom stereocenters. The van der Waals surface area contributed by atoms with Crippen LogP contribution in [-0.2, 0) is 4.79 Å². The number of rotatable bonds is 3. The molecule has 1 N–H and O–H groups in total. The van der Waals surface area contributed by atoms with Crippen LogP contribution in [0, 0.1) is 5.41 Å². The van der Waals surface area contributed by atoms with Crippen molar-refractivity contribution in [2.75, 3.05) is 13.1 Å². The Kier molecular flexibility index (Phi) is 5.53. The van der Waals surface area contributed by atoms with Gasteiger partial charge in [-0.3, -0.25) is 14.6 Å². The van der Waals surface area contributed by atoms with Crippen molar-refractivity contribution in [2.24, 2.45) is 5.41 Å². The zero-order valence-electron chi connectivity index (χ0n) is 14.1. The molecule has 0 radical (unpaired) electrons. The highest BCUT2D eigenvalue weighted by Gasteiger charge is 2.23. The average molecular weight is 315 g/mol. The number of likely N-dealkylation sites (tertiary alicyclic amines) is 1. The third-order valence-electron chi connectivity index (χ3n) is 3.79. The third kappa shape index (κ3) is 5.51. The molecule has 0 unspecified atom stereocenters. The quantitative estimate of drug-likeness (QED) is 0.871. The Balaban J connectivity index is 1.81. The third-order valence-corrected chi connectivity index (χ3v) is 3.79. The molecule has 0 saturated carbocycles. The van der Waals surface area contributed by atoms with E-state index in [0.29, 0.717) is 18.7 Å². The van der Waals surface area contributed by atoms with Crippen LogP contribution in [0.2, 0.25) is 0 Å². The van der Waals surface area contributed by atoms with Crippen molar-refractivity contribution in [1.82, 2.24) is 15.2 Å². The van der Waals surface area contributed by atoms with Crippen LogP contribution in [0.5, 0.6) is 0 Å². The largest absolute Gasteiger partial charge is 0.349 e. The first-order chi connectivity index (χ1) is 10.8. The first kappa shape index (κ1) is 17.2. The van der Waals surface area contributed by atoms with Crippen LogP contribution >= 0.6 is 0 Å². The molecule has 1 saturated heterocycles. The minimum Gasteiger partial charge on any atom is -0.349 e. The molecule has 124 valence electrons.